The van der Waals surface area contributed by atoms with Gasteiger partial charge in [0.25, 0.3) is 17.4 Å². The fraction of sp³-hybridized carbons (Fsp3) is 0.238. The maximum absolute atomic E-state index is 13.1. The fourth-order valence-corrected chi connectivity index (χ4v) is 3.82. The van der Waals surface area contributed by atoms with Crippen LogP contribution in [0.1, 0.15) is 12.6 Å². The Labute approximate surface area is 176 Å². The molecule has 0 radical (unpaired) electrons. The standard InChI is InChI=1S/C21H18N6O4/c1-2-31-15-8-6-14(7-9-15)27-20(29)18-19(21(27)30)26(24-23-18)12-13-11-17(28)25-10-4-3-5-16(25)22-13/h3-11,18-19H,2,12H2,1H3/t18-,19-/m0/s1. The average molecular weight is 418 g/mol. The predicted octanol–water partition coefficient (Wildman–Crippen LogP) is 1.59. The number of carbonyl (C=O) groups excluding carboxylic acids is 2. The van der Waals surface area contributed by atoms with E-state index in [1.54, 1.807) is 48.7 Å². The number of nitrogens with zero attached hydrogens (tertiary/aromatic N) is 6. The van der Waals surface area contributed by atoms with E-state index in [-0.39, 0.29) is 12.1 Å². The minimum absolute atomic E-state index is 0.0848. The van der Waals surface area contributed by atoms with Crippen molar-refractivity contribution >= 4 is 23.1 Å². The molecular weight excluding hydrogens is 400 g/mol. The van der Waals surface area contributed by atoms with Crippen LogP contribution >= 0.6 is 0 Å². The Balaban J connectivity index is 1.40. The third kappa shape index (κ3) is 3.12. The first-order valence-corrected chi connectivity index (χ1v) is 9.82. The van der Waals surface area contributed by atoms with Crippen LogP contribution in [0.5, 0.6) is 5.75 Å². The Bertz CT molecular complexity index is 1270. The number of ether oxygens (including phenoxy) is 1. The largest absolute Gasteiger partial charge is 0.494 e. The molecule has 0 bridgehead atoms. The molecule has 31 heavy (non-hydrogen) atoms. The van der Waals surface area contributed by atoms with Crippen LogP contribution in [-0.2, 0) is 16.1 Å². The Morgan fingerprint density at radius 3 is 2.61 bits per heavy atom. The van der Waals surface area contributed by atoms with Crippen molar-refractivity contribution in [1.82, 2.24) is 14.4 Å². The number of pyridine rings is 1. The summed E-state index contributed by atoms with van der Waals surface area (Å²) in [5.41, 5.74) is 1.14. The number of rotatable bonds is 5. The van der Waals surface area contributed by atoms with Gasteiger partial charge in [-0.3, -0.25) is 23.8 Å². The number of anilines is 1. The van der Waals surface area contributed by atoms with E-state index in [1.165, 1.54) is 15.5 Å². The van der Waals surface area contributed by atoms with Crippen LogP contribution in [-0.4, -0.2) is 44.9 Å². The highest BCUT2D eigenvalue weighted by Crippen LogP contribution is 2.33. The van der Waals surface area contributed by atoms with Gasteiger partial charge in [-0.25, -0.2) is 9.88 Å². The van der Waals surface area contributed by atoms with Crippen molar-refractivity contribution in [2.75, 3.05) is 11.5 Å². The first-order valence-electron chi connectivity index (χ1n) is 9.82. The summed E-state index contributed by atoms with van der Waals surface area (Å²) in [5, 5.41) is 9.45. The van der Waals surface area contributed by atoms with Crippen LogP contribution in [0.3, 0.4) is 0 Å². The van der Waals surface area contributed by atoms with E-state index in [1.807, 2.05) is 6.92 Å². The van der Waals surface area contributed by atoms with Gasteiger partial charge in [0.15, 0.2) is 12.1 Å². The third-order valence-electron chi connectivity index (χ3n) is 5.21. The summed E-state index contributed by atoms with van der Waals surface area (Å²) in [6, 6.07) is 11.6. The number of benzene rings is 1. The zero-order valence-corrected chi connectivity index (χ0v) is 16.6. The minimum atomic E-state index is -0.916. The molecule has 10 nitrogen and oxygen atoms in total. The summed E-state index contributed by atoms with van der Waals surface area (Å²) in [5.74, 6) is -0.195. The lowest BCUT2D eigenvalue weighted by molar-refractivity contribution is -0.123. The molecule has 0 unspecified atom stereocenters. The molecule has 2 aliphatic heterocycles. The average Bonchev–Trinajstić information content (AvgIpc) is 3.29. The molecule has 0 N–H and O–H groups in total. The molecule has 0 saturated carbocycles. The van der Waals surface area contributed by atoms with Crippen LogP contribution in [0, 0.1) is 0 Å². The fourth-order valence-electron chi connectivity index (χ4n) is 3.82. The lowest BCUT2D eigenvalue weighted by Gasteiger charge is -2.20. The van der Waals surface area contributed by atoms with Crippen molar-refractivity contribution < 1.29 is 14.3 Å². The van der Waals surface area contributed by atoms with Crippen molar-refractivity contribution in [2.45, 2.75) is 25.6 Å². The first-order chi connectivity index (χ1) is 15.1. The lowest BCUT2D eigenvalue weighted by atomic mass is 10.1. The minimum Gasteiger partial charge on any atom is -0.494 e. The van der Waals surface area contributed by atoms with Crippen molar-refractivity contribution in [3.05, 3.63) is 70.8 Å². The van der Waals surface area contributed by atoms with Crippen molar-refractivity contribution in [3.8, 4) is 5.75 Å². The number of hydrogen-bond donors (Lipinski definition) is 0. The van der Waals surface area contributed by atoms with Crippen LogP contribution in [0.25, 0.3) is 5.65 Å². The molecule has 0 spiro atoms. The van der Waals surface area contributed by atoms with Gasteiger partial charge in [0.1, 0.15) is 11.4 Å². The molecule has 2 aliphatic rings. The monoisotopic (exact) mass is 418 g/mol. The van der Waals surface area contributed by atoms with Gasteiger partial charge in [0, 0.05) is 12.3 Å². The van der Waals surface area contributed by atoms with E-state index < -0.39 is 23.9 Å². The topological polar surface area (TPSA) is 109 Å². The predicted molar refractivity (Wildman–Crippen MR) is 110 cm³/mol. The number of amides is 2. The van der Waals surface area contributed by atoms with Crippen molar-refractivity contribution in [1.29, 1.82) is 0 Å². The Hall–Kier alpha value is -4.08. The molecule has 0 aliphatic carbocycles. The molecule has 1 aromatic carbocycles. The molecule has 1 saturated heterocycles. The smallest absolute Gasteiger partial charge is 0.263 e. The van der Waals surface area contributed by atoms with Gasteiger partial charge >= 0.3 is 0 Å². The summed E-state index contributed by atoms with van der Waals surface area (Å²) < 4.78 is 6.84. The number of fused-ring (bicyclic) bond motifs is 2. The van der Waals surface area contributed by atoms with Crippen molar-refractivity contribution in [2.24, 2.45) is 10.3 Å². The van der Waals surface area contributed by atoms with Crippen molar-refractivity contribution in [3.63, 3.8) is 0 Å². The second-order valence-electron chi connectivity index (χ2n) is 7.15. The molecular formula is C21H18N6O4. The van der Waals surface area contributed by atoms with Gasteiger partial charge in [-0.2, -0.15) is 5.11 Å². The number of aromatic nitrogens is 2. The van der Waals surface area contributed by atoms with Gasteiger partial charge in [-0.1, -0.05) is 11.3 Å². The first kappa shape index (κ1) is 18.9. The third-order valence-corrected chi connectivity index (χ3v) is 5.21. The number of imide groups is 1. The molecule has 156 valence electrons. The highest BCUT2D eigenvalue weighted by Gasteiger charge is 2.54. The van der Waals surface area contributed by atoms with E-state index in [4.69, 9.17) is 4.74 Å². The molecule has 3 aromatic rings. The normalized spacial score (nSPS) is 20.0. The molecule has 5 rings (SSSR count). The molecule has 2 amide bonds. The zero-order valence-electron chi connectivity index (χ0n) is 16.6. The van der Waals surface area contributed by atoms with Crippen LogP contribution < -0.4 is 15.2 Å². The van der Waals surface area contributed by atoms with E-state index in [0.717, 1.165) is 4.90 Å². The summed E-state index contributed by atoms with van der Waals surface area (Å²) in [4.78, 5) is 43.9. The molecule has 4 heterocycles. The van der Waals surface area contributed by atoms with E-state index in [0.29, 0.717) is 29.4 Å². The maximum Gasteiger partial charge on any atom is 0.263 e. The van der Waals surface area contributed by atoms with E-state index in [2.05, 4.69) is 15.3 Å². The van der Waals surface area contributed by atoms with Gasteiger partial charge in [0.2, 0.25) is 0 Å². The van der Waals surface area contributed by atoms with E-state index >= 15 is 0 Å². The second-order valence-corrected chi connectivity index (χ2v) is 7.15. The number of hydrogen-bond acceptors (Lipinski definition) is 8. The Morgan fingerprint density at radius 1 is 1.03 bits per heavy atom. The zero-order chi connectivity index (χ0) is 21.5. The summed E-state index contributed by atoms with van der Waals surface area (Å²) in [7, 11) is 0. The Kier molecular flexibility index (Phi) is 4.46. The molecule has 2 aromatic heterocycles. The quantitative estimate of drug-likeness (QED) is 0.582. The van der Waals surface area contributed by atoms with Gasteiger partial charge < -0.3 is 4.74 Å². The Morgan fingerprint density at radius 2 is 1.84 bits per heavy atom. The molecule has 10 heteroatoms. The van der Waals surface area contributed by atoms with Crippen LogP contribution in [0.15, 0.2) is 69.9 Å². The van der Waals surface area contributed by atoms with Crippen LogP contribution in [0.2, 0.25) is 0 Å². The van der Waals surface area contributed by atoms with Crippen LogP contribution in [0.4, 0.5) is 5.69 Å². The van der Waals surface area contributed by atoms with E-state index in [9.17, 15) is 14.4 Å². The summed E-state index contributed by atoms with van der Waals surface area (Å²) >= 11 is 0. The lowest BCUT2D eigenvalue weighted by Crippen LogP contribution is -2.39. The SMILES string of the molecule is CCOc1ccc(N2C(=O)[C@H]3N=NN(Cc4cc(=O)n5ccccc5n4)[C@@H]3C2=O)cc1. The maximum atomic E-state index is 13.1. The number of carbonyl (C=O) groups is 2. The summed E-state index contributed by atoms with van der Waals surface area (Å²) in [6.45, 7) is 2.48. The highest BCUT2D eigenvalue weighted by molar-refractivity contribution is 6.25. The van der Waals surface area contributed by atoms with Gasteiger partial charge in [0.05, 0.1) is 24.5 Å². The molecule has 1 fully saturated rings. The van der Waals surface area contributed by atoms with Gasteiger partial charge in [-0.05, 0) is 43.3 Å². The second kappa shape index (κ2) is 7.31. The van der Waals surface area contributed by atoms with Gasteiger partial charge in [-0.15, -0.1) is 0 Å². The summed E-state index contributed by atoms with van der Waals surface area (Å²) in [6.07, 6.45) is 1.63. The molecule has 2 atom stereocenters. The highest BCUT2D eigenvalue weighted by atomic mass is 16.5.